The van der Waals surface area contributed by atoms with Gasteiger partial charge in [0.05, 0.1) is 16.3 Å². The first kappa shape index (κ1) is 13.3. The zero-order chi connectivity index (χ0) is 6.53. The second-order valence-corrected chi connectivity index (χ2v) is 1.99. The summed E-state index contributed by atoms with van der Waals surface area (Å²) in [6.45, 7) is 0. The first-order chi connectivity index (χ1) is 4.43. The van der Waals surface area contributed by atoms with E-state index in [0.717, 1.165) is 5.46 Å². The van der Waals surface area contributed by atoms with Crippen LogP contribution in [0.5, 0.6) is 0 Å². The van der Waals surface area contributed by atoms with Gasteiger partial charge in [0.2, 0.25) is 0 Å². The van der Waals surface area contributed by atoms with Crippen LogP contribution in [0.25, 0.3) is 0 Å². The molecule has 0 saturated heterocycles. The van der Waals surface area contributed by atoms with Gasteiger partial charge in [0.25, 0.3) is 0 Å². The van der Waals surface area contributed by atoms with Gasteiger partial charge in [-0.2, -0.15) is 0 Å². The highest BCUT2D eigenvalue weighted by molar-refractivity contribution is 9.06. The van der Waals surface area contributed by atoms with Gasteiger partial charge in [0, 0.05) is 0 Å². The van der Waals surface area contributed by atoms with Crippen molar-refractivity contribution in [1.82, 2.24) is 0 Å². The third kappa shape index (κ3) is 4.97. The van der Waals surface area contributed by atoms with Crippen LogP contribution in [0, 0.1) is 0 Å². The molecule has 0 aromatic heterocycles. The zero-order valence-corrected chi connectivity index (χ0v) is 7.34. The zero-order valence-electron chi connectivity index (χ0n) is 5.75. The molecule has 0 bridgehead atoms. The van der Waals surface area contributed by atoms with Crippen LogP contribution in [0.3, 0.4) is 0 Å². The second kappa shape index (κ2) is 7.75. The summed E-state index contributed by atoms with van der Waals surface area (Å²) in [6.07, 6.45) is 0. The second-order valence-electron chi connectivity index (χ2n) is 1.62. The lowest BCUT2D eigenvalue weighted by atomic mass is 9.89. The molecule has 5 heteroatoms. The fourth-order valence-electron chi connectivity index (χ4n) is 0.583. The molecule has 4 N–H and O–H groups in total. The van der Waals surface area contributed by atoms with Crippen molar-refractivity contribution in [2.45, 2.75) is 0 Å². The van der Waals surface area contributed by atoms with Gasteiger partial charge >= 0.3 is 7.48 Å². The Morgan fingerprint density at radius 2 is 1.64 bits per heavy atom. The Kier molecular flexibility index (Phi) is 9.33. The minimum absolute atomic E-state index is 0. The molecule has 0 amide bonds. The Bertz CT molecular complexity index is 171. The summed E-state index contributed by atoms with van der Waals surface area (Å²) in [5.41, 5.74) is 1.05. The predicted molar refractivity (Wildman–Crippen MR) is 49.1 cm³/mol. The van der Waals surface area contributed by atoms with Crippen LogP contribution in [-0.4, -0.2) is 18.4 Å². The molecule has 0 aliphatic rings. The van der Waals surface area contributed by atoms with Crippen LogP contribution in [0.2, 0.25) is 0 Å². The Balaban J connectivity index is 0. The number of halogens is 1. The molecule has 1 aromatic carbocycles. The highest BCUT2D eigenvalue weighted by Gasteiger charge is 1.90. The van der Waals surface area contributed by atoms with Crippen LogP contribution in [0.4, 0.5) is 0 Å². The van der Waals surface area contributed by atoms with Crippen molar-refractivity contribution in [2.75, 3.05) is 0 Å². The molecule has 0 fully saturated rings. The van der Waals surface area contributed by atoms with E-state index in [9.17, 15) is 0 Å². The van der Waals surface area contributed by atoms with E-state index in [1.54, 1.807) is 7.48 Å². The van der Waals surface area contributed by atoms with Gasteiger partial charge in [-0.15, -0.1) is 0 Å². The maximum atomic E-state index is 4.62. The van der Waals surface area contributed by atoms with E-state index in [0.29, 0.717) is 0 Å². The molecule has 3 nitrogen and oxygen atoms in total. The van der Waals surface area contributed by atoms with Crippen LogP contribution in [0.1, 0.15) is 0 Å². The fraction of sp³-hybridized carbons (Fsp3) is 0. The van der Waals surface area contributed by atoms with Crippen LogP contribution >= 0.6 is 16.3 Å². The maximum Gasteiger partial charge on any atom is 0.350 e. The molecule has 0 aliphatic carbocycles. The van der Waals surface area contributed by atoms with E-state index in [1.165, 1.54) is 0 Å². The summed E-state index contributed by atoms with van der Waals surface area (Å²) < 4.78 is 4.62. The molecule has 61 valence electrons. The van der Waals surface area contributed by atoms with E-state index in [-0.39, 0.29) is 11.0 Å². The lowest BCUT2D eigenvalue weighted by Crippen LogP contribution is -2.12. The molecule has 0 saturated carbocycles. The van der Waals surface area contributed by atoms with Gasteiger partial charge in [-0.3, -0.25) is 0 Å². The molecule has 11 heavy (non-hydrogen) atoms. The topological polar surface area (TPSA) is 72.2 Å². The smallest absolute Gasteiger partial charge is 0.350 e. The molecule has 0 spiro atoms. The Hall–Kier alpha value is -0.355. The minimum Gasteiger partial charge on any atom is -0.412 e. The van der Waals surface area contributed by atoms with Gasteiger partial charge in [-0.25, -0.2) is 0 Å². The molecule has 0 heterocycles. The van der Waals surface area contributed by atoms with Gasteiger partial charge in [0.1, 0.15) is 0 Å². The van der Waals surface area contributed by atoms with Gasteiger partial charge in [-0.05, 0) is 0 Å². The van der Waals surface area contributed by atoms with Crippen LogP contribution < -0.4 is 5.46 Å². The van der Waals surface area contributed by atoms with Crippen LogP contribution in [-0.2, 0) is 3.75 Å². The van der Waals surface area contributed by atoms with Gasteiger partial charge in [-0.1, -0.05) is 35.8 Å². The summed E-state index contributed by atoms with van der Waals surface area (Å²) in [4.78, 5) is 0. The largest absolute Gasteiger partial charge is 0.412 e. The molecule has 1 aromatic rings. The van der Waals surface area contributed by atoms with Gasteiger partial charge < -0.3 is 14.7 Å². The monoisotopic (exact) mass is 219 g/mol. The summed E-state index contributed by atoms with van der Waals surface area (Å²) in [6, 6.07) is 9.80. The van der Waals surface area contributed by atoms with Crippen molar-refractivity contribution < 1.29 is 14.7 Å². The Labute approximate surface area is 74.7 Å². The Morgan fingerprint density at radius 1 is 1.09 bits per heavy atom. The molecule has 0 atom stereocenters. The first-order valence-electron chi connectivity index (χ1n) is 2.59. The van der Waals surface area contributed by atoms with E-state index < -0.39 is 0 Å². The average Bonchev–Trinajstić information content (AvgIpc) is 1.91. The number of benzene rings is 1. The first-order valence-corrected chi connectivity index (χ1v) is 3.24. The summed E-state index contributed by atoms with van der Waals surface area (Å²) >= 11 is 2.83. The van der Waals surface area contributed by atoms with E-state index in [1.807, 2.05) is 30.3 Å². The lowest BCUT2D eigenvalue weighted by Gasteiger charge is -1.90. The van der Waals surface area contributed by atoms with E-state index >= 15 is 0 Å². The maximum absolute atomic E-state index is 4.62. The summed E-state index contributed by atoms with van der Waals surface area (Å²) in [5, 5.41) is 0. The molecule has 0 aliphatic heterocycles. The number of hydrogen-bond donors (Lipinski definition) is 0. The SMILES string of the molecule is BrO[B]c1ccccc1.O.O. The number of rotatable bonds is 2. The lowest BCUT2D eigenvalue weighted by molar-refractivity contribution is 0.747. The molecular formula is C6H9BBrO3. The van der Waals surface area contributed by atoms with E-state index in [2.05, 4.69) is 20.0 Å². The molecular weight excluding hydrogens is 211 g/mol. The van der Waals surface area contributed by atoms with Gasteiger partial charge in [0.15, 0.2) is 0 Å². The molecule has 1 radical (unpaired) electrons. The summed E-state index contributed by atoms with van der Waals surface area (Å²) in [7, 11) is 1.62. The summed E-state index contributed by atoms with van der Waals surface area (Å²) in [5.74, 6) is 0. The normalized spacial score (nSPS) is 7.36. The predicted octanol–water partition coefficient (Wildman–Crippen LogP) is -0.392. The Morgan fingerprint density at radius 3 is 2.09 bits per heavy atom. The standard InChI is InChI=1S/C6H5BBrO.2H2O/c8-9-7-6-4-2-1-3-5-6;;/h1-5H;2*1H2. The average molecular weight is 220 g/mol. The van der Waals surface area contributed by atoms with Crippen molar-refractivity contribution in [3.63, 3.8) is 0 Å². The number of hydrogen-bond acceptors (Lipinski definition) is 1. The van der Waals surface area contributed by atoms with Crippen molar-refractivity contribution in [1.29, 1.82) is 0 Å². The highest BCUT2D eigenvalue weighted by Crippen LogP contribution is 1.84. The van der Waals surface area contributed by atoms with Crippen molar-refractivity contribution >= 4 is 29.2 Å². The molecule has 1 rings (SSSR count). The fourth-order valence-corrected chi connectivity index (χ4v) is 0.799. The third-order valence-electron chi connectivity index (χ3n) is 0.980. The highest BCUT2D eigenvalue weighted by atomic mass is 79.9. The van der Waals surface area contributed by atoms with Crippen molar-refractivity contribution in [3.8, 4) is 0 Å². The quantitative estimate of drug-likeness (QED) is 0.625. The van der Waals surface area contributed by atoms with Crippen molar-refractivity contribution in [3.05, 3.63) is 30.3 Å². The third-order valence-corrected chi connectivity index (χ3v) is 1.17. The molecule has 0 unspecified atom stereocenters. The van der Waals surface area contributed by atoms with Crippen LogP contribution in [0.15, 0.2) is 30.3 Å². The van der Waals surface area contributed by atoms with Crippen molar-refractivity contribution in [2.24, 2.45) is 0 Å². The minimum atomic E-state index is 0. The van der Waals surface area contributed by atoms with E-state index in [4.69, 9.17) is 0 Å².